The minimum atomic E-state index is -0.323. The average molecular weight is 419 g/mol. The third-order valence-electron chi connectivity index (χ3n) is 4.69. The van der Waals surface area contributed by atoms with Crippen LogP contribution in [0.2, 0.25) is 5.02 Å². The predicted molar refractivity (Wildman–Crippen MR) is 119 cm³/mol. The van der Waals surface area contributed by atoms with Gasteiger partial charge in [-0.25, -0.2) is 0 Å². The van der Waals surface area contributed by atoms with E-state index >= 15 is 0 Å². The highest BCUT2D eigenvalue weighted by Gasteiger charge is 2.21. The van der Waals surface area contributed by atoms with Crippen molar-refractivity contribution in [2.45, 2.75) is 6.92 Å². The van der Waals surface area contributed by atoms with Gasteiger partial charge in [0.15, 0.2) is 0 Å². The fraction of sp³-hybridized carbons (Fsp3) is 0.0833. The van der Waals surface area contributed by atoms with Gasteiger partial charge in [-0.1, -0.05) is 41.9 Å². The van der Waals surface area contributed by atoms with E-state index in [1.807, 2.05) is 13.0 Å². The maximum absolute atomic E-state index is 13.1. The standard InChI is InChI=1S/C24H19ClN2O3/c1-2-30-18-11-8-16(9-12-18)24(29)27-21-19-13-10-17(25)14-20(19)26-22(21)23(28)15-6-4-3-5-7-15/h3-14,26H,2H2,1H3,(H,27,29). The molecule has 1 amide bonds. The molecule has 4 rings (SSSR count). The van der Waals surface area contributed by atoms with Crippen molar-refractivity contribution in [3.8, 4) is 5.75 Å². The maximum atomic E-state index is 13.1. The average Bonchev–Trinajstić information content (AvgIpc) is 3.11. The number of aromatic amines is 1. The predicted octanol–water partition coefficient (Wildman–Crippen LogP) is 5.70. The third kappa shape index (κ3) is 3.93. The highest BCUT2D eigenvalue weighted by molar-refractivity contribution is 6.31. The summed E-state index contributed by atoms with van der Waals surface area (Å²) in [5.41, 5.74) is 2.38. The Bertz CT molecular complexity index is 1210. The number of hydrogen-bond donors (Lipinski definition) is 2. The van der Waals surface area contributed by atoms with E-state index in [1.165, 1.54) is 0 Å². The molecule has 0 atom stereocenters. The fourth-order valence-corrected chi connectivity index (χ4v) is 3.43. The van der Waals surface area contributed by atoms with Crippen LogP contribution in [0.4, 0.5) is 5.69 Å². The molecule has 5 nitrogen and oxygen atoms in total. The van der Waals surface area contributed by atoms with Crippen LogP contribution in [0.1, 0.15) is 33.3 Å². The minimum absolute atomic E-state index is 0.218. The summed E-state index contributed by atoms with van der Waals surface area (Å²) < 4.78 is 5.42. The second-order valence-corrected chi connectivity index (χ2v) is 7.11. The van der Waals surface area contributed by atoms with Crippen LogP contribution in [0.15, 0.2) is 72.8 Å². The second kappa shape index (κ2) is 8.43. The Morgan fingerprint density at radius 2 is 1.70 bits per heavy atom. The van der Waals surface area contributed by atoms with Crippen molar-refractivity contribution in [1.29, 1.82) is 0 Å². The van der Waals surface area contributed by atoms with E-state index in [2.05, 4.69) is 10.3 Å². The number of benzene rings is 3. The summed E-state index contributed by atoms with van der Waals surface area (Å²) in [7, 11) is 0. The number of ether oxygens (including phenoxy) is 1. The first kappa shape index (κ1) is 19.7. The normalized spacial score (nSPS) is 10.7. The number of ketones is 1. The first-order valence-electron chi connectivity index (χ1n) is 9.52. The van der Waals surface area contributed by atoms with Crippen molar-refractivity contribution in [2.24, 2.45) is 0 Å². The molecule has 0 radical (unpaired) electrons. The fourth-order valence-electron chi connectivity index (χ4n) is 3.26. The minimum Gasteiger partial charge on any atom is -0.494 e. The van der Waals surface area contributed by atoms with Gasteiger partial charge in [0.2, 0.25) is 5.78 Å². The Kier molecular flexibility index (Phi) is 5.55. The number of amides is 1. The van der Waals surface area contributed by atoms with Gasteiger partial charge in [-0.05, 0) is 49.4 Å². The largest absolute Gasteiger partial charge is 0.494 e. The lowest BCUT2D eigenvalue weighted by molar-refractivity contribution is 0.102. The van der Waals surface area contributed by atoms with Crippen LogP contribution in [0.5, 0.6) is 5.75 Å². The summed E-state index contributed by atoms with van der Waals surface area (Å²) in [6, 6.07) is 21.0. The molecule has 3 aromatic carbocycles. The number of aromatic nitrogens is 1. The van der Waals surface area contributed by atoms with Gasteiger partial charge in [0, 0.05) is 27.1 Å². The molecular formula is C24H19ClN2O3. The summed E-state index contributed by atoms with van der Waals surface area (Å²) in [5.74, 6) is 0.150. The molecule has 1 aromatic heterocycles. The second-order valence-electron chi connectivity index (χ2n) is 6.67. The summed E-state index contributed by atoms with van der Waals surface area (Å²) >= 11 is 6.11. The Labute approximate surface area is 178 Å². The molecule has 2 N–H and O–H groups in total. The van der Waals surface area contributed by atoms with E-state index in [9.17, 15) is 9.59 Å². The Morgan fingerprint density at radius 3 is 2.40 bits per heavy atom. The first-order chi connectivity index (χ1) is 14.6. The van der Waals surface area contributed by atoms with Gasteiger partial charge < -0.3 is 15.0 Å². The van der Waals surface area contributed by atoms with Gasteiger partial charge in [0.05, 0.1) is 12.3 Å². The molecule has 0 aliphatic rings. The van der Waals surface area contributed by atoms with Gasteiger partial charge in [0.25, 0.3) is 5.91 Å². The van der Waals surface area contributed by atoms with Gasteiger partial charge in [-0.2, -0.15) is 0 Å². The Balaban J connectivity index is 1.73. The number of H-pyrrole nitrogens is 1. The van der Waals surface area contributed by atoms with E-state index < -0.39 is 0 Å². The lowest BCUT2D eigenvalue weighted by atomic mass is 10.1. The zero-order valence-electron chi connectivity index (χ0n) is 16.2. The van der Waals surface area contributed by atoms with Crippen molar-refractivity contribution < 1.29 is 14.3 Å². The SMILES string of the molecule is CCOc1ccc(C(=O)Nc2c(C(=O)c3ccccc3)[nH]c3cc(Cl)ccc23)cc1. The van der Waals surface area contributed by atoms with Crippen molar-refractivity contribution in [3.63, 3.8) is 0 Å². The highest BCUT2D eigenvalue weighted by atomic mass is 35.5. The molecule has 0 aliphatic carbocycles. The van der Waals surface area contributed by atoms with Gasteiger partial charge in [-0.3, -0.25) is 9.59 Å². The molecule has 150 valence electrons. The number of carbonyl (C=O) groups is 2. The van der Waals surface area contributed by atoms with Crippen molar-refractivity contribution in [2.75, 3.05) is 11.9 Å². The van der Waals surface area contributed by atoms with Crippen LogP contribution in [0, 0.1) is 0 Å². The van der Waals surface area contributed by atoms with E-state index in [0.29, 0.717) is 50.8 Å². The molecule has 6 heteroatoms. The van der Waals surface area contributed by atoms with Crippen LogP contribution < -0.4 is 10.1 Å². The molecule has 0 unspecified atom stereocenters. The smallest absolute Gasteiger partial charge is 0.255 e. The number of carbonyl (C=O) groups excluding carboxylic acids is 2. The van der Waals surface area contributed by atoms with Gasteiger partial charge >= 0.3 is 0 Å². The molecule has 0 fully saturated rings. The Hall–Kier alpha value is -3.57. The van der Waals surface area contributed by atoms with Gasteiger partial charge in [-0.15, -0.1) is 0 Å². The van der Waals surface area contributed by atoms with Crippen molar-refractivity contribution >= 4 is 39.9 Å². The lowest BCUT2D eigenvalue weighted by Crippen LogP contribution is -2.14. The summed E-state index contributed by atoms with van der Waals surface area (Å²) in [4.78, 5) is 29.1. The Morgan fingerprint density at radius 1 is 0.967 bits per heavy atom. The van der Waals surface area contributed by atoms with Crippen LogP contribution in [-0.4, -0.2) is 23.3 Å². The summed E-state index contributed by atoms with van der Waals surface area (Å²) in [5, 5.41) is 4.14. The molecule has 0 spiro atoms. The van der Waals surface area contributed by atoms with Crippen molar-refractivity contribution in [1.82, 2.24) is 4.98 Å². The van der Waals surface area contributed by atoms with E-state index in [1.54, 1.807) is 66.7 Å². The molecule has 0 bridgehead atoms. The third-order valence-corrected chi connectivity index (χ3v) is 4.92. The lowest BCUT2D eigenvalue weighted by Gasteiger charge is -2.08. The zero-order chi connectivity index (χ0) is 21.1. The van der Waals surface area contributed by atoms with Gasteiger partial charge in [0.1, 0.15) is 11.4 Å². The maximum Gasteiger partial charge on any atom is 0.255 e. The molecule has 1 heterocycles. The molecule has 0 aliphatic heterocycles. The first-order valence-corrected chi connectivity index (χ1v) is 9.90. The van der Waals surface area contributed by atoms with E-state index in [4.69, 9.17) is 16.3 Å². The quantitative estimate of drug-likeness (QED) is 0.394. The number of rotatable bonds is 6. The topological polar surface area (TPSA) is 71.2 Å². The van der Waals surface area contributed by atoms with E-state index in [-0.39, 0.29) is 11.7 Å². The summed E-state index contributed by atoms with van der Waals surface area (Å²) in [6.07, 6.45) is 0. The van der Waals surface area contributed by atoms with Crippen LogP contribution in [0.25, 0.3) is 10.9 Å². The van der Waals surface area contributed by atoms with Crippen LogP contribution in [0.3, 0.4) is 0 Å². The molecular weight excluding hydrogens is 400 g/mol. The molecule has 30 heavy (non-hydrogen) atoms. The molecule has 0 saturated carbocycles. The zero-order valence-corrected chi connectivity index (χ0v) is 17.0. The number of fused-ring (bicyclic) bond motifs is 1. The van der Waals surface area contributed by atoms with Crippen LogP contribution in [-0.2, 0) is 0 Å². The number of hydrogen-bond acceptors (Lipinski definition) is 3. The number of anilines is 1. The number of halogens is 1. The molecule has 0 saturated heterocycles. The molecule has 4 aromatic rings. The summed E-state index contributed by atoms with van der Waals surface area (Å²) in [6.45, 7) is 2.45. The number of nitrogens with one attached hydrogen (secondary N) is 2. The monoisotopic (exact) mass is 418 g/mol. The highest BCUT2D eigenvalue weighted by Crippen LogP contribution is 2.32. The van der Waals surface area contributed by atoms with E-state index in [0.717, 1.165) is 0 Å². The van der Waals surface area contributed by atoms with Crippen molar-refractivity contribution in [3.05, 3.63) is 94.6 Å². The van der Waals surface area contributed by atoms with Crippen LogP contribution >= 0.6 is 11.6 Å².